The van der Waals surface area contributed by atoms with Crippen molar-refractivity contribution in [2.45, 2.75) is 6.54 Å². The smallest absolute Gasteiger partial charge is 0.378 e. The minimum atomic E-state index is -0.564. The summed E-state index contributed by atoms with van der Waals surface area (Å²) in [5.41, 5.74) is 3.41. The maximum Gasteiger partial charge on any atom is 0.421 e. The lowest BCUT2D eigenvalue weighted by atomic mass is 10.1. The van der Waals surface area contributed by atoms with E-state index >= 15 is 0 Å². The highest BCUT2D eigenvalue weighted by molar-refractivity contribution is 7.75. The molecule has 5 nitrogen and oxygen atoms in total. The zero-order chi connectivity index (χ0) is 18.7. The second-order valence-corrected chi connectivity index (χ2v) is 6.69. The first-order chi connectivity index (χ1) is 12.5. The van der Waals surface area contributed by atoms with Crippen LogP contribution in [0.25, 0.3) is 22.5 Å². The van der Waals surface area contributed by atoms with Crippen molar-refractivity contribution < 1.29 is 8.98 Å². The number of rotatable bonds is 4. The van der Waals surface area contributed by atoms with Crippen molar-refractivity contribution in [2.75, 3.05) is 7.05 Å². The van der Waals surface area contributed by atoms with Crippen LogP contribution in [0.1, 0.15) is 5.82 Å². The Kier molecular flexibility index (Phi) is 5.76. The summed E-state index contributed by atoms with van der Waals surface area (Å²) in [6.45, 7) is 0.244. The number of hydrogen-bond donors (Lipinski definition) is 2. The molecule has 0 radical (unpaired) electrons. The van der Waals surface area contributed by atoms with Gasteiger partial charge in [-0.15, -0.1) is 0 Å². The van der Waals surface area contributed by atoms with Crippen LogP contribution in [0.2, 0.25) is 10.0 Å². The van der Waals surface area contributed by atoms with Gasteiger partial charge in [0.2, 0.25) is 0 Å². The van der Waals surface area contributed by atoms with Gasteiger partial charge < -0.3 is 14.1 Å². The van der Waals surface area contributed by atoms with Crippen molar-refractivity contribution in [1.29, 1.82) is 0 Å². The Morgan fingerprint density at radius 1 is 1.08 bits per heavy atom. The van der Waals surface area contributed by atoms with Crippen LogP contribution < -0.4 is 0 Å². The van der Waals surface area contributed by atoms with Gasteiger partial charge in [0.05, 0.1) is 17.9 Å². The summed E-state index contributed by atoms with van der Waals surface area (Å²) in [5, 5.41) is 1.30. The van der Waals surface area contributed by atoms with E-state index in [-0.39, 0.29) is 6.54 Å². The van der Waals surface area contributed by atoms with E-state index in [1.165, 1.54) is 4.90 Å². The first-order valence-electron chi connectivity index (χ1n) is 7.65. The molecule has 0 saturated heterocycles. The number of carbonyl (C=O) groups is 1. The number of halogens is 2. The minimum Gasteiger partial charge on any atom is -0.378 e. The lowest BCUT2D eigenvalue weighted by Crippen LogP contribution is -2.25. The van der Waals surface area contributed by atoms with E-state index < -0.39 is 6.09 Å². The average molecular weight is 408 g/mol. The van der Waals surface area contributed by atoms with E-state index in [0.29, 0.717) is 15.9 Å². The number of H-pyrrole nitrogens is 1. The van der Waals surface area contributed by atoms with Gasteiger partial charge in [0, 0.05) is 41.1 Å². The minimum absolute atomic E-state index is 0.244. The fraction of sp³-hybridized carbons (Fsp3) is 0.111. The van der Waals surface area contributed by atoms with Gasteiger partial charge in [0.25, 0.3) is 0 Å². The fourth-order valence-electron chi connectivity index (χ4n) is 2.50. The molecule has 2 aromatic carbocycles. The third kappa shape index (κ3) is 4.15. The Morgan fingerprint density at radius 2 is 1.62 bits per heavy atom. The first-order valence-corrected chi connectivity index (χ1v) is 8.77. The van der Waals surface area contributed by atoms with E-state index in [2.05, 4.69) is 27.1 Å². The summed E-state index contributed by atoms with van der Waals surface area (Å²) < 4.78 is 4.43. The molecule has 3 aromatic rings. The summed E-state index contributed by atoms with van der Waals surface area (Å²) in [4.78, 5) is 20.9. The van der Waals surface area contributed by atoms with Gasteiger partial charge >= 0.3 is 6.09 Å². The molecule has 0 aliphatic rings. The first kappa shape index (κ1) is 18.6. The van der Waals surface area contributed by atoms with Crippen LogP contribution in [0.4, 0.5) is 4.79 Å². The topological polar surface area (TPSA) is 58.2 Å². The molecule has 134 valence electrons. The molecule has 0 spiro atoms. The van der Waals surface area contributed by atoms with Crippen molar-refractivity contribution >= 4 is 42.2 Å². The molecule has 26 heavy (non-hydrogen) atoms. The molecule has 0 saturated carbocycles. The summed E-state index contributed by atoms with van der Waals surface area (Å²) >= 11 is 15.5. The number of amides is 1. The highest BCUT2D eigenvalue weighted by atomic mass is 35.5. The monoisotopic (exact) mass is 407 g/mol. The fourth-order valence-corrected chi connectivity index (χ4v) is 2.89. The molecular formula is C18H15Cl2N3O2S. The van der Waals surface area contributed by atoms with Crippen LogP contribution in [-0.2, 0) is 10.7 Å². The molecule has 3 rings (SSSR count). The van der Waals surface area contributed by atoms with E-state index in [9.17, 15) is 4.79 Å². The van der Waals surface area contributed by atoms with Crippen LogP contribution in [0.3, 0.4) is 0 Å². The van der Waals surface area contributed by atoms with Crippen molar-refractivity contribution in [2.24, 2.45) is 0 Å². The zero-order valence-corrected chi connectivity index (χ0v) is 16.1. The highest BCUT2D eigenvalue weighted by Crippen LogP contribution is 2.31. The molecule has 1 heterocycles. The Labute approximate surface area is 166 Å². The average Bonchev–Trinajstić information content (AvgIpc) is 3.06. The Morgan fingerprint density at radius 3 is 2.15 bits per heavy atom. The standard InChI is InChI=1S/C18H15Cl2N3O2S/c1-23(18(24)25-26)10-15-21-16(11-2-6-13(19)7-3-11)17(22-15)12-4-8-14(20)9-5-12/h2-9,26H,10H2,1H3,(H,21,22). The normalized spacial score (nSPS) is 10.6. The number of aromatic amines is 1. The predicted octanol–water partition coefficient (Wildman–Crippen LogP) is 5.46. The SMILES string of the molecule is CN(Cc1nc(-c2ccc(Cl)cc2)c(-c2ccc(Cl)cc2)[nH]1)C(=O)OS. The number of benzene rings is 2. The third-order valence-corrected chi connectivity index (χ3v) is 4.44. The molecule has 1 N–H and O–H groups in total. The van der Waals surface area contributed by atoms with Gasteiger partial charge in [-0.1, -0.05) is 47.5 Å². The van der Waals surface area contributed by atoms with E-state index in [0.717, 1.165) is 22.5 Å². The molecule has 0 aliphatic carbocycles. The lowest BCUT2D eigenvalue weighted by Gasteiger charge is -2.12. The number of thiol groups is 1. The van der Waals surface area contributed by atoms with Crippen LogP contribution in [0.5, 0.6) is 0 Å². The number of imidazole rings is 1. The number of nitrogens with zero attached hydrogens (tertiary/aromatic N) is 2. The second kappa shape index (κ2) is 8.03. The quantitative estimate of drug-likeness (QED) is 0.445. The molecule has 0 fully saturated rings. The maximum absolute atomic E-state index is 11.6. The van der Waals surface area contributed by atoms with Crippen molar-refractivity contribution in [3.05, 3.63) is 64.4 Å². The second-order valence-electron chi connectivity index (χ2n) is 5.63. The molecular weight excluding hydrogens is 393 g/mol. The van der Waals surface area contributed by atoms with Gasteiger partial charge in [0.1, 0.15) is 5.82 Å². The van der Waals surface area contributed by atoms with Gasteiger partial charge in [-0.25, -0.2) is 9.78 Å². The van der Waals surface area contributed by atoms with E-state index in [1.54, 1.807) is 19.2 Å². The van der Waals surface area contributed by atoms with Crippen LogP contribution in [0.15, 0.2) is 48.5 Å². The van der Waals surface area contributed by atoms with E-state index in [1.807, 2.05) is 36.4 Å². The zero-order valence-electron chi connectivity index (χ0n) is 13.7. The summed E-state index contributed by atoms with van der Waals surface area (Å²) in [7, 11) is 1.60. The van der Waals surface area contributed by atoms with Crippen LogP contribution in [-0.4, -0.2) is 28.0 Å². The Balaban J connectivity index is 2.04. The number of hydrogen-bond acceptors (Lipinski definition) is 4. The molecule has 1 amide bonds. The number of aromatic nitrogens is 2. The van der Waals surface area contributed by atoms with Gasteiger partial charge in [-0.2, -0.15) is 0 Å². The summed E-state index contributed by atoms with van der Waals surface area (Å²) in [6, 6.07) is 14.8. The molecule has 1 aromatic heterocycles. The lowest BCUT2D eigenvalue weighted by molar-refractivity contribution is 0.169. The molecule has 0 atom stereocenters. The summed E-state index contributed by atoms with van der Waals surface area (Å²) in [5.74, 6) is 0.612. The molecule has 0 bridgehead atoms. The van der Waals surface area contributed by atoms with E-state index in [4.69, 9.17) is 23.2 Å². The van der Waals surface area contributed by atoms with Crippen molar-refractivity contribution in [3.8, 4) is 22.5 Å². The maximum atomic E-state index is 11.6. The largest absolute Gasteiger partial charge is 0.421 e. The Hall–Kier alpha value is -2.15. The van der Waals surface area contributed by atoms with Crippen molar-refractivity contribution in [1.82, 2.24) is 14.9 Å². The molecule has 0 unspecified atom stereocenters. The summed E-state index contributed by atoms with van der Waals surface area (Å²) in [6.07, 6.45) is -0.564. The molecule has 8 heteroatoms. The van der Waals surface area contributed by atoms with Gasteiger partial charge in [0.15, 0.2) is 0 Å². The number of nitrogens with one attached hydrogen (secondary N) is 1. The van der Waals surface area contributed by atoms with Crippen LogP contribution >= 0.6 is 36.1 Å². The molecule has 0 aliphatic heterocycles. The number of carbonyl (C=O) groups excluding carboxylic acids is 1. The van der Waals surface area contributed by atoms with Crippen LogP contribution in [0, 0.1) is 0 Å². The van der Waals surface area contributed by atoms with Gasteiger partial charge in [-0.05, 0) is 24.3 Å². The van der Waals surface area contributed by atoms with Crippen molar-refractivity contribution in [3.63, 3.8) is 0 Å². The predicted molar refractivity (Wildman–Crippen MR) is 106 cm³/mol. The highest BCUT2D eigenvalue weighted by Gasteiger charge is 2.17. The third-order valence-electron chi connectivity index (χ3n) is 3.78. The Bertz CT molecular complexity index is 848. The van der Waals surface area contributed by atoms with Gasteiger partial charge in [-0.3, -0.25) is 0 Å².